The molecule has 1 aliphatic heterocycles. The summed E-state index contributed by atoms with van der Waals surface area (Å²) in [5, 5.41) is 3.28. The van der Waals surface area contributed by atoms with Crippen molar-refractivity contribution in [2.24, 2.45) is 0 Å². The van der Waals surface area contributed by atoms with Gasteiger partial charge in [0, 0.05) is 32.4 Å². The Hall–Kier alpha value is -1.62. The number of ether oxygens (including phenoxy) is 1. The molecular formula is C14H20N3O2. The lowest BCUT2D eigenvalue weighted by Gasteiger charge is -2.30. The van der Waals surface area contributed by atoms with Crippen LogP contribution in [0.4, 0.5) is 5.69 Å². The molecule has 0 atom stereocenters. The molecule has 1 N–H and O–H groups in total. The van der Waals surface area contributed by atoms with E-state index in [2.05, 4.69) is 21.4 Å². The van der Waals surface area contributed by atoms with Crippen molar-refractivity contribution in [1.29, 1.82) is 0 Å². The highest BCUT2D eigenvalue weighted by atomic mass is 16.6. The first kappa shape index (κ1) is 13.8. The highest BCUT2D eigenvalue weighted by molar-refractivity contribution is 5.95. The first-order valence-corrected chi connectivity index (χ1v) is 6.53. The molecule has 0 unspecified atom stereocenters. The Morgan fingerprint density at radius 1 is 1.42 bits per heavy atom. The zero-order valence-electron chi connectivity index (χ0n) is 11.7. The summed E-state index contributed by atoms with van der Waals surface area (Å²) in [6, 6.07) is 1.70. The fourth-order valence-electron chi connectivity index (χ4n) is 1.98. The topological polar surface area (TPSA) is 54.5 Å². The summed E-state index contributed by atoms with van der Waals surface area (Å²) in [5.41, 5.74) is 0.770. The van der Waals surface area contributed by atoms with Crippen LogP contribution in [0.1, 0.15) is 31.1 Å². The third kappa shape index (κ3) is 3.67. The number of piperazine rings is 1. The molecule has 0 aliphatic carbocycles. The quantitative estimate of drug-likeness (QED) is 0.813. The Kier molecular flexibility index (Phi) is 4.04. The Morgan fingerprint density at radius 2 is 2.11 bits per heavy atom. The Morgan fingerprint density at radius 3 is 2.74 bits per heavy atom. The van der Waals surface area contributed by atoms with Crippen LogP contribution in [0.15, 0.2) is 12.3 Å². The summed E-state index contributed by atoms with van der Waals surface area (Å²) >= 11 is 0. The molecular weight excluding hydrogens is 242 g/mol. The van der Waals surface area contributed by atoms with Gasteiger partial charge in [-0.1, -0.05) is 0 Å². The van der Waals surface area contributed by atoms with Crippen molar-refractivity contribution in [3.8, 4) is 0 Å². The number of esters is 1. The molecule has 5 nitrogen and oxygen atoms in total. The number of carbonyl (C=O) groups is 1. The van der Waals surface area contributed by atoms with Crippen LogP contribution >= 0.6 is 0 Å². The molecule has 0 aromatic carbocycles. The number of nitrogens with one attached hydrogen (secondary N) is 1. The average Bonchev–Trinajstić information content (AvgIpc) is 2.38. The monoisotopic (exact) mass is 262 g/mol. The largest absolute Gasteiger partial charge is 0.456 e. The van der Waals surface area contributed by atoms with Crippen molar-refractivity contribution in [2.75, 3.05) is 31.1 Å². The van der Waals surface area contributed by atoms with Gasteiger partial charge in [-0.3, -0.25) is 4.98 Å². The fraction of sp³-hybridized carbons (Fsp3) is 0.571. The van der Waals surface area contributed by atoms with E-state index in [4.69, 9.17) is 4.74 Å². The summed E-state index contributed by atoms with van der Waals surface area (Å²) in [4.78, 5) is 18.3. The van der Waals surface area contributed by atoms with Crippen LogP contribution in [-0.2, 0) is 4.74 Å². The van der Waals surface area contributed by atoms with Gasteiger partial charge in [-0.2, -0.15) is 0 Å². The predicted molar refractivity (Wildman–Crippen MR) is 73.3 cm³/mol. The van der Waals surface area contributed by atoms with Gasteiger partial charge in [0.15, 0.2) is 0 Å². The molecule has 1 aromatic heterocycles. The number of rotatable bonds is 2. The first-order chi connectivity index (χ1) is 8.97. The number of carbonyl (C=O) groups excluding carboxylic acids is 1. The highest BCUT2D eigenvalue weighted by Gasteiger charge is 2.23. The molecule has 0 bridgehead atoms. The van der Waals surface area contributed by atoms with Crippen molar-refractivity contribution < 1.29 is 9.53 Å². The van der Waals surface area contributed by atoms with E-state index in [9.17, 15) is 4.79 Å². The van der Waals surface area contributed by atoms with Gasteiger partial charge in [-0.25, -0.2) is 4.79 Å². The molecule has 0 amide bonds. The summed E-state index contributed by atoms with van der Waals surface area (Å²) in [6.07, 6.45) is 4.50. The second kappa shape index (κ2) is 5.57. The lowest BCUT2D eigenvalue weighted by molar-refractivity contribution is 0.00701. The van der Waals surface area contributed by atoms with E-state index in [0.29, 0.717) is 5.56 Å². The zero-order chi connectivity index (χ0) is 13.9. The number of hydrogen-bond donors (Lipinski definition) is 1. The van der Waals surface area contributed by atoms with E-state index >= 15 is 0 Å². The fourth-order valence-corrected chi connectivity index (χ4v) is 1.98. The molecule has 0 saturated carbocycles. The van der Waals surface area contributed by atoms with Crippen LogP contribution in [0, 0.1) is 6.20 Å². The molecule has 1 radical (unpaired) electrons. The molecule has 103 valence electrons. The van der Waals surface area contributed by atoms with Gasteiger partial charge in [0.2, 0.25) is 0 Å². The molecule has 5 heteroatoms. The minimum absolute atomic E-state index is 0.320. The Balaban J connectivity index is 2.22. The number of aromatic nitrogens is 1. The summed E-state index contributed by atoms with van der Waals surface area (Å²) < 4.78 is 5.43. The Bertz CT molecular complexity index is 448. The van der Waals surface area contributed by atoms with E-state index in [-0.39, 0.29) is 5.97 Å². The lowest BCUT2D eigenvalue weighted by Crippen LogP contribution is -2.44. The second-order valence-corrected chi connectivity index (χ2v) is 5.56. The van der Waals surface area contributed by atoms with E-state index in [1.54, 1.807) is 12.3 Å². The maximum atomic E-state index is 12.2. The van der Waals surface area contributed by atoms with Gasteiger partial charge in [-0.05, 0) is 26.8 Å². The van der Waals surface area contributed by atoms with Gasteiger partial charge < -0.3 is 15.0 Å². The van der Waals surface area contributed by atoms with E-state index in [0.717, 1.165) is 31.9 Å². The minimum Gasteiger partial charge on any atom is -0.456 e. The van der Waals surface area contributed by atoms with Crippen LogP contribution in [0.25, 0.3) is 0 Å². The van der Waals surface area contributed by atoms with Crippen LogP contribution in [-0.4, -0.2) is 42.7 Å². The maximum absolute atomic E-state index is 12.2. The smallest absolute Gasteiger partial charge is 0.340 e. The van der Waals surface area contributed by atoms with Gasteiger partial charge in [0.05, 0.1) is 11.3 Å². The van der Waals surface area contributed by atoms with Gasteiger partial charge in [-0.15, -0.1) is 0 Å². The molecule has 1 aromatic rings. The number of anilines is 1. The molecule has 1 aliphatic rings. The van der Waals surface area contributed by atoms with Crippen LogP contribution in [0.3, 0.4) is 0 Å². The predicted octanol–water partition coefficient (Wildman–Crippen LogP) is 1.25. The number of nitrogens with zero attached hydrogens (tertiary/aromatic N) is 2. The number of hydrogen-bond acceptors (Lipinski definition) is 5. The van der Waals surface area contributed by atoms with Crippen LogP contribution in [0.5, 0.6) is 0 Å². The normalized spacial score (nSPS) is 16.3. The maximum Gasteiger partial charge on any atom is 0.340 e. The van der Waals surface area contributed by atoms with Crippen LogP contribution < -0.4 is 10.2 Å². The highest BCUT2D eigenvalue weighted by Crippen LogP contribution is 2.22. The van der Waals surface area contributed by atoms with Crippen molar-refractivity contribution in [1.82, 2.24) is 10.3 Å². The number of pyridine rings is 1. The molecule has 0 spiro atoms. The Labute approximate surface area is 114 Å². The summed E-state index contributed by atoms with van der Waals surface area (Å²) in [5.74, 6) is -0.320. The van der Waals surface area contributed by atoms with E-state index in [1.807, 2.05) is 20.8 Å². The summed E-state index contributed by atoms with van der Waals surface area (Å²) in [6.45, 7) is 9.07. The molecule has 1 saturated heterocycles. The standard InChI is InChI=1S/C14H20N3O2/c1-14(2,3)19-13(18)11-4-5-16-10-12(11)17-8-6-15-7-9-17/h4-5,15H,6-9H2,1-3H3. The second-order valence-electron chi connectivity index (χ2n) is 5.56. The van der Waals surface area contributed by atoms with Crippen molar-refractivity contribution in [2.45, 2.75) is 26.4 Å². The van der Waals surface area contributed by atoms with Crippen molar-refractivity contribution >= 4 is 11.7 Å². The third-order valence-electron chi connectivity index (χ3n) is 2.79. The zero-order valence-corrected chi connectivity index (χ0v) is 11.7. The third-order valence-corrected chi connectivity index (χ3v) is 2.79. The van der Waals surface area contributed by atoms with Crippen molar-refractivity contribution in [3.63, 3.8) is 0 Å². The average molecular weight is 262 g/mol. The van der Waals surface area contributed by atoms with E-state index in [1.165, 1.54) is 0 Å². The molecule has 2 rings (SSSR count). The lowest BCUT2D eigenvalue weighted by atomic mass is 10.1. The summed E-state index contributed by atoms with van der Waals surface area (Å²) in [7, 11) is 0. The first-order valence-electron chi connectivity index (χ1n) is 6.53. The van der Waals surface area contributed by atoms with Gasteiger partial charge in [0.1, 0.15) is 11.8 Å². The minimum atomic E-state index is -0.499. The molecule has 1 fully saturated rings. The van der Waals surface area contributed by atoms with Crippen LogP contribution in [0.2, 0.25) is 0 Å². The van der Waals surface area contributed by atoms with E-state index < -0.39 is 5.60 Å². The van der Waals surface area contributed by atoms with Gasteiger partial charge >= 0.3 is 5.97 Å². The van der Waals surface area contributed by atoms with Crippen molar-refractivity contribution in [3.05, 3.63) is 24.0 Å². The molecule has 19 heavy (non-hydrogen) atoms. The van der Waals surface area contributed by atoms with Gasteiger partial charge in [0.25, 0.3) is 0 Å². The molecule has 2 heterocycles. The SMILES string of the molecule is CC(C)(C)OC(=O)c1ccn[c]c1N1CCNCC1.